The summed E-state index contributed by atoms with van der Waals surface area (Å²) in [6.07, 6.45) is 5.22. The number of carbonyl (C=O) groups is 1. The number of nitrogens with zero attached hydrogens (tertiary/aromatic N) is 1. The van der Waals surface area contributed by atoms with E-state index in [9.17, 15) is 4.79 Å². The van der Waals surface area contributed by atoms with Crippen molar-refractivity contribution in [1.82, 2.24) is 0 Å². The molecule has 0 amide bonds. The van der Waals surface area contributed by atoms with Crippen molar-refractivity contribution < 1.29 is 9.53 Å². The normalized spacial score (nSPS) is 15.3. The first-order valence-corrected chi connectivity index (χ1v) is 7.39. The van der Waals surface area contributed by atoms with Crippen LogP contribution in [-0.2, 0) is 4.74 Å². The van der Waals surface area contributed by atoms with Gasteiger partial charge in [-0.25, -0.2) is 4.79 Å². The third-order valence-corrected chi connectivity index (χ3v) is 3.93. The molecule has 1 aromatic rings. The minimum atomic E-state index is -0.298. The second kappa shape index (κ2) is 6.64. The lowest BCUT2D eigenvalue weighted by Gasteiger charge is -2.25. The SMILES string of the molecule is CCOC(=O)c1cc(N)ccc1N(C)CC1CCCC1. The van der Waals surface area contributed by atoms with Crippen LogP contribution in [0.2, 0.25) is 0 Å². The molecule has 1 aromatic carbocycles. The van der Waals surface area contributed by atoms with Gasteiger partial charge in [-0.3, -0.25) is 0 Å². The van der Waals surface area contributed by atoms with Crippen LogP contribution in [0, 0.1) is 5.92 Å². The average Bonchev–Trinajstić information content (AvgIpc) is 2.91. The summed E-state index contributed by atoms with van der Waals surface area (Å²) in [7, 11) is 2.03. The molecule has 0 aromatic heterocycles. The van der Waals surface area contributed by atoms with Gasteiger partial charge < -0.3 is 15.4 Å². The Labute approximate surface area is 120 Å². The fourth-order valence-electron chi connectivity index (χ4n) is 2.94. The van der Waals surface area contributed by atoms with E-state index in [1.807, 2.05) is 26.1 Å². The van der Waals surface area contributed by atoms with Crippen molar-refractivity contribution in [3.8, 4) is 0 Å². The van der Waals surface area contributed by atoms with E-state index in [0.29, 0.717) is 17.9 Å². The maximum absolute atomic E-state index is 12.1. The van der Waals surface area contributed by atoms with Crippen molar-refractivity contribution in [2.75, 3.05) is 30.8 Å². The van der Waals surface area contributed by atoms with Gasteiger partial charge in [0.2, 0.25) is 0 Å². The summed E-state index contributed by atoms with van der Waals surface area (Å²) in [5.41, 5.74) is 7.86. The monoisotopic (exact) mass is 276 g/mol. The molecule has 110 valence electrons. The molecule has 2 N–H and O–H groups in total. The highest BCUT2D eigenvalue weighted by Gasteiger charge is 2.20. The van der Waals surface area contributed by atoms with Gasteiger partial charge in [0.25, 0.3) is 0 Å². The van der Waals surface area contributed by atoms with Crippen molar-refractivity contribution in [3.05, 3.63) is 23.8 Å². The summed E-state index contributed by atoms with van der Waals surface area (Å²) in [6, 6.07) is 5.46. The molecular weight excluding hydrogens is 252 g/mol. The van der Waals surface area contributed by atoms with Gasteiger partial charge in [-0.1, -0.05) is 12.8 Å². The minimum absolute atomic E-state index is 0.298. The van der Waals surface area contributed by atoms with Gasteiger partial charge in [0, 0.05) is 19.3 Å². The number of benzene rings is 1. The zero-order valence-electron chi connectivity index (χ0n) is 12.4. The average molecular weight is 276 g/mol. The smallest absolute Gasteiger partial charge is 0.340 e. The predicted molar refractivity (Wildman–Crippen MR) is 82.0 cm³/mol. The van der Waals surface area contributed by atoms with Gasteiger partial charge in [-0.15, -0.1) is 0 Å². The van der Waals surface area contributed by atoms with Crippen molar-refractivity contribution in [3.63, 3.8) is 0 Å². The maximum Gasteiger partial charge on any atom is 0.340 e. The van der Waals surface area contributed by atoms with Gasteiger partial charge in [0.1, 0.15) is 0 Å². The summed E-state index contributed by atoms with van der Waals surface area (Å²) < 4.78 is 5.12. The summed E-state index contributed by atoms with van der Waals surface area (Å²) in [6.45, 7) is 3.17. The zero-order chi connectivity index (χ0) is 14.5. The van der Waals surface area contributed by atoms with E-state index in [1.165, 1.54) is 25.7 Å². The van der Waals surface area contributed by atoms with Crippen LogP contribution in [0.5, 0.6) is 0 Å². The molecule has 2 rings (SSSR count). The summed E-state index contributed by atoms with van der Waals surface area (Å²) >= 11 is 0. The Morgan fingerprint density at radius 1 is 1.40 bits per heavy atom. The largest absolute Gasteiger partial charge is 0.462 e. The van der Waals surface area contributed by atoms with Gasteiger partial charge in [0.15, 0.2) is 0 Å². The molecule has 1 aliphatic rings. The number of rotatable bonds is 5. The Morgan fingerprint density at radius 3 is 2.75 bits per heavy atom. The Morgan fingerprint density at radius 2 is 2.10 bits per heavy atom. The zero-order valence-corrected chi connectivity index (χ0v) is 12.4. The van der Waals surface area contributed by atoms with Crippen LogP contribution >= 0.6 is 0 Å². The van der Waals surface area contributed by atoms with Crippen molar-refractivity contribution in [1.29, 1.82) is 0 Å². The van der Waals surface area contributed by atoms with Gasteiger partial charge >= 0.3 is 5.97 Å². The summed E-state index contributed by atoms with van der Waals surface area (Å²) in [4.78, 5) is 14.2. The van der Waals surface area contributed by atoms with Gasteiger partial charge in [-0.05, 0) is 43.9 Å². The van der Waals surface area contributed by atoms with Crippen LogP contribution in [0.3, 0.4) is 0 Å². The van der Waals surface area contributed by atoms with E-state index in [1.54, 1.807) is 6.07 Å². The molecule has 0 spiro atoms. The molecule has 4 nitrogen and oxygen atoms in total. The molecule has 0 aliphatic heterocycles. The summed E-state index contributed by atoms with van der Waals surface area (Å²) in [5.74, 6) is 0.431. The maximum atomic E-state index is 12.1. The number of hydrogen-bond donors (Lipinski definition) is 1. The Bertz CT molecular complexity index is 468. The van der Waals surface area contributed by atoms with Crippen LogP contribution in [0.1, 0.15) is 43.0 Å². The number of nitrogen functional groups attached to an aromatic ring is 1. The van der Waals surface area contributed by atoms with Gasteiger partial charge in [0.05, 0.1) is 17.9 Å². The third kappa shape index (κ3) is 3.44. The second-order valence-corrected chi connectivity index (χ2v) is 5.53. The van der Waals surface area contributed by atoms with E-state index < -0.39 is 0 Å². The molecule has 0 bridgehead atoms. The highest BCUT2D eigenvalue weighted by Crippen LogP contribution is 2.29. The molecule has 4 heteroatoms. The van der Waals surface area contributed by atoms with Gasteiger partial charge in [-0.2, -0.15) is 0 Å². The number of carbonyl (C=O) groups excluding carboxylic acids is 1. The number of ether oxygens (including phenoxy) is 1. The standard InChI is InChI=1S/C16H24N2O2/c1-3-20-16(19)14-10-13(17)8-9-15(14)18(2)11-12-6-4-5-7-12/h8-10,12H,3-7,11,17H2,1-2H3. The number of anilines is 2. The van der Waals surface area contributed by atoms with Crippen LogP contribution in [0.4, 0.5) is 11.4 Å². The van der Waals surface area contributed by atoms with E-state index in [0.717, 1.165) is 18.2 Å². The fourth-order valence-corrected chi connectivity index (χ4v) is 2.94. The fraction of sp³-hybridized carbons (Fsp3) is 0.562. The topological polar surface area (TPSA) is 55.6 Å². The molecule has 20 heavy (non-hydrogen) atoms. The van der Waals surface area contributed by atoms with Crippen LogP contribution in [0.25, 0.3) is 0 Å². The minimum Gasteiger partial charge on any atom is -0.462 e. The van der Waals surface area contributed by atoms with Crippen molar-refractivity contribution in [2.24, 2.45) is 5.92 Å². The molecule has 1 saturated carbocycles. The highest BCUT2D eigenvalue weighted by molar-refractivity contribution is 5.97. The lowest BCUT2D eigenvalue weighted by Crippen LogP contribution is -2.26. The van der Waals surface area contributed by atoms with Crippen molar-refractivity contribution in [2.45, 2.75) is 32.6 Å². The van der Waals surface area contributed by atoms with Crippen LogP contribution < -0.4 is 10.6 Å². The Balaban J connectivity index is 2.18. The van der Waals surface area contributed by atoms with E-state index >= 15 is 0 Å². The molecule has 0 radical (unpaired) electrons. The lowest BCUT2D eigenvalue weighted by atomic mass is 10.1. The predicted octanol–water partition coefficient (Wildman–Crippen LogP) is 3.07. The van der Waals surface area contributed by atoms with E-state index in [2.05, 4.69) is 4.90 Å². The molecule has 0 atom stereocenters. The first-order valence-electron chi connectivity index (χ1n) is 7.39. The third-order valence-electron chi connectivity index (χ3n) is 3.93. The second-order valence-electron chi connectivity index (χ2n) is 5.53. The lowest BCUT2D eigenvalue weighted by molar-refractivity contribution is 0.0527. The summed E-state index contributed by atoms with van der Waals surface area (Å²) in [5, 5.41) is 0. The van der Waals surface area contributed by atoms with E-state index in [4.69, 9.17) is 10.5 Å². The van der Waals surface area contributed by atoms with Crippen molar-refractivity contribution >= 4 is 17.3 Å². The van der Waals surface area contributed by atoms with Crippen LogP contribution in [0.15, 0.2) is 18.2 Å². The van der Waals surface area contributed by atoms with E-state index in [-0.39, 0.29) is 5.97 Å². The molecule has 0 heterocycles. The number of esters is 1. The molecule has 0 unspecified atom stereocenters. The number of hydrogen-bond acceptors (Lipinski definition) is 4. The first-order chi connectivity index (χ1) is 9.61. The molecular formula is C16H24N2O2. The molecule has 1 fully saturated rings. The Kier molecular flexibility index (Phi) is 4.88. The molecule has 0 saturated heterocycles. The molecule has 1 aliphatic carbocycles. The number of nitrogens with two attached hydrogens (primary N) is 1. The van der Waals surface area contributed by atoms with Crippen LogP contribution in [-0.4, -0.2) is 26.2 Å². The first kappa shape index (κ1) is 14.7. The highest BCUT2D eigenvalue weighted by atomic mass is 16.5. The quantitative estimate of drug-likeness (QED) is 0.663. The Hall–Kier alpha value is -1.71.